The average Bonchev–Trinajstić information content (AvgIpc) is 2.78. The van der Waals surface area contributed by atoms with Gasteiger partial charge in [0.15, 0.2) is 0 Å². The molecule has 0 spiro atoms. The van der Waals surface area contributed by atoms with E-state index in [2.05, 4.69) is 15.3 Å². The standard InChI is InChI=1S/C10H7F2N5O2S/c11-8(12)9-14-15-10(20)16(9)13-5-6-1-3-7(4-2-6)17(18)19/h1-5,8H,(H,15,20)/b13-5-. The number of halogens is 2. The smallest absolute Gasteiger partial charge is 0.258 e. The van der Waals surface area contributed by atoms with Gasteiger partial charge in [0, 0.05) is 12.1 Å². The fraction of sp³-hybridized carbons (Fsp3) is 0.100. The zero-order valence-corrected chi connectivity index (χ0v) is 10.6. The Morgan fingerprint density at radius 2 is 2.10 bits per heavy atom. The van der Waals surface area contributed by atoms with Crippen LogP contribution >= 0.6 is 12.2 Å². The zero-order chi connectivity index (χ0) is 14.7. The molecular formula is C10H7F2N5O2S. The number of rotatable bonds is 4. The van der Waals surface area contributed by atoms with E-state index in [1.807, 2.05) is 0 Å². The lowest BCUT2D eigenvalue weighted by Gasteiger charge is -1.98. The highest BCUT2D eigenvalue weighted by molar-refractivity contribution is 7.71. The molecule has 0 saturated carbocycles. The second-order valence-corrected chi connectivity index (χ2v) is 3.98. The van der Waals surface area contributed by atoms with Crippen molar-refractivity contribution >= 4 is 24.1 Å². The van der Waals surface area contributed by atoms with Gasteiger partial charge in [-0.25, -0.2) is 13.9 Å². The number of nitro groups is 1. The summed E-state index contributed by atoms with van der Waals surface area (Å²) in [6.07, 6.45) is -1.57. The lowest BCUT2D eigenvalue weighted by molar-refractivity contribution is -0.384. The maximum Gasteiger partial charge on any atom is 0.299 e. The van der Waals surface area contributed by atoms with Gasteiger partial charge in [-0.1, -0.05) is 0 Å². The van der Waals surface area contributed by atoms with E-state index in [0.717, 1.165) is 4.68 Å². The zero-order valence-electron chi connectivity index (χ0n) is 9.73. The Morgan fingerprint density at radius 3 is 2.65 bits per heavy atom. The van der Waals surface area contributed by atoms with Gasteiger partial charge in [-0.05, 0) is 29.9 Å². The Balaban J connectivity index is 2.27. The Morgan fingerprint density at radius 1 is 1.45 bits per heavy atom. The number of aromatic amines is 1. The normalized spacial score (nSPS) is 11.3. The van der Waals surface area contributed by atoms with E-state index in [9.17, 15) is 18.9 Å². The van der Waals surface area contributed by atoms with Gasteiger partial charge in [0.1, 0.15) is 0 Å². The lowest BCUT2D eigenvalue weighted by Crippen LogP contribution is -1.99. The molecule has 1 aromatic heterocycles. The van der Waals surface area contributed by atoms with Crippen LogP contribution in [0.2, 0.25) is 0 Å². The number of alkyl halides is 2. The van der Waals surface area contributed by atoms with Crippen molar-refractivity contribution in [1.29, 1.82) is 0 Å². The van der Waals surface area contributed by atoms with Crippen molar-refractivity contribution in [1.82, 2.24) is 14.9 Å². The number of benzene rings is 1. The van der Waals surface area contributed by atoms with Crippen LogP contribution in [0.25, 0.3) is 0 Å². The molecule has 2 rings (SSSR count). The van der Waals surface area contributed by atoms with Gasteiger partial charge >= 0.3 is 0 Å². The molecule has 10 heteroatoms. The highest BCUT2D eigenvalue weighted by Gasteiger charge is 2.15. The largest absolute Gasteiger partial charge is 0.299 e. The fourth-order valence-corrected chi connectivity index (χ4v) is 1.55. The van der Waals surface area contributed by atoms with Gasteiger partial charge in [0.05, 0.1) is 11.1 Å². The summed E-state index contributed by atoms with van der Waals surface area (Å²) >= 11 is 4.77. The molecule has 0 aliphatic carbocycles. The Labute approximate surface area is 115 Å². The number of nitrogens with one attached hydrogen (secondary N) is 1. The third-order valence-corrected chi connectivity index (χ3v) is 2.56. The number of H-pyrrole nitrogens is 1. The second kappa shape index (κ2) is 5.65. The van der Waals surface area contributed by atoms with Gasteiger partial charge in [0.25, 0.3) is 12.1 Å². The molecule has 0 radical (unpaired) electrons. The molecule has 1 heterocycles. The van der Waals surface area contributed by atoms with Crippen LogP contribution in [0.1, 0.15) is 17.8 Å². The Bertz CT molecular complexity index is 707. The molecule has 1 aromatic carbocycles. The highest BCUT2D eigenvalue weighted by Crippen LogP contribution is 2.16. The minimum Gasteiger partial charge on any atom is -0.258 e. The predicted octanol–water partition coefficient (Wildman–Crippen LogP) is 2.67. The molecule has 0 aliphatic heterocycles. The SMILES string of the molecule is O=[N+]([O-])c1ccc(/C=N\n2c(C(F)F)n[nH]c2=S)cc1. The van der Waals surface area contributed by atoms with Crippen LogP contribution in [0.3, 0.4) is 0 Å². The summed E-state index contributed by atoms with van der Waals surface area (Å²) in [7, 11) is 0. The van der Waals surface area contributed by atoms with Crippen molar-refractivity contribution < 1.29 is 13.7 Å². The van der Waals surface area contributed by atoms with Crippen LogP contribution in [-0.2, 0) is 0 Å². The van der Waals surface area contributed by atoms with Crippen LogP contribution in [0, 0.1) is 14.9 Å². The van der Waals surface area contributed by atoms with E-state index in [0.29, 0.717) is 5.56 Å². The molecular weight excluding hydrogens is 292 g/mol. The average molecular weight is 299 g/mol. The van der Waals surface area contributed by atoms with Crippen molar-refractivity contribution in [2.75, 3.05) is 0 Å². The minimum atomic E-state index is -2.82. The van der Waals surface area contributed by atoms with Crippen molar-refractivity contribution in [3.05, 3.63) is 50.5 Å². The molecule has 0 unspecified atom stereocenters. The topological polar surface area (TPSA) is 89.1 Å². The summed E-state index contributed by atoms with van der Waals surface area (Å²) in [5.41, 5.74) is 0.425. The van der Waals surface area contributed by atoms with Gasteiger partial charge in [-0.2, -0.15) is 14.9 Å². The number of hydrogen-bond donors (Lipinski definition) is 1. The predicted molar refractivity (Wildman–Crippen MR) is 68.5 cm³/mol. The first-order valence-electron chi connectivity index (χ1n) is 5.23. The van der Waals surface area contributed by atoms with Crippen LogP contribution in [-0.4, -0.2) is 26.0 Å². The van der Waals surface area contributed by atoms with Crippen LogP contribution < -0.4 is 0 Å². The highest BCUT2D eigenvalue weighted by atomic mass is 32.1. The van der Waals surface area contributed by atoms with E-state index in [1.165, 1.54) is 30.5 Å². The first-order chi connectivity index (χ1) is 9.49. The summed E-state index contributed by atoms with van der Waals surface area (Å²) in [6, 6.07) is 5.44. The third-order valence-electron chi connectivity index (χ3n) is 2.30. The van der Waals surface area contributed by atoms with Gasteiger partial charge < -0.3 is 0 Å². The van der Waals surface area contributed by atoms with Gasteiger partial charge in [-0.15, -0.1) is 0 Å². The van der Waals surface area contributed by atoms with Crippen molar-refractivity contribution in [2.45, 2.75) is 6.43 Å². The molecule has 0 atom stereocenters. The molecule has 0 aliphatic rings. The van der Waals surface area contributed by atoms with Crippen LogP contribution in [0.4, 0.5) is 14.5 Å². The van der Waals surface area contributed by atoms with Gasteiger partial charge in [-0.3, -0.25) is 10.1 Å². The minimum absolute atomic E-state index is 0.0709. The first kappa shape index (κ1) is 13.9. The van der Waals surface area contributed by atoms with E-state index in [-0.39, 0.29) is 10.5 Å². The summed E-state index contributed by atoms with van der Waals surface area (Å²) in [6.45, 7) is 0. The first-order valence-corrected chi connectivity index (χ1v) is 5.64. The molecule has 0 bridgehead atoms. The molecule has 0 amide bonds. The van der Waals surface area contributed by atoms with Crippen LogP contribution in [0.15, 0.2) is 29.4 Å². The van der Waals surface area contributed by atoms with Crippen molar-refractivity contribution in [2.24, 2.45) is 5.10 Å². The van der Waals surface area contributed by atoms with Crippen LogP contribution in [0.5, 0.6) is 0 Å². The number of aromatic nitrogens is 3. The monoisotopic (exact) mass is 299 g/mol. The molecule has 0 fully saturated rings. The maximum absolute atomic E-state index is 12.6. The lowest BCUT2D eigenvalue weighted by atomic mass is 10.2. The summed E-state index contributed by atoms with van der Waals surface area (Å²) < 4.78 is 25.9. The molecule has 20 heavy (non-hydrogen) atoms. The number of hydrogen-bond acceptors (Lipinski definition) is 5. The summed E-state index contributed by atoms with van der Waals surface area (Å²) in [4.78, 5) is 9.94. The molecule has 0 saturated heterocycles. The fourth-order valence-electron chi connectivity index (χ4n) is 1.36. The molecule has 7 nitrogen and oxygen atoms in total. The van der Waals surface area contributed by atoms with E-state index < -0.39 is 17.2 Å². The van der Waals surface area contributed by atoms with Crippen molar-refractivity contribution in [3.63, 3.8) is 0 Å². The van der Waals surface area contributed by atoms with Crippen molar-refractivity contribution in [3.8, 4) is 0 Å². The second-order valence-electron chi connectivity index (χ2n) is 3.59. The summed E-state index contributed by atoms with van der Waals surface area (Å²) in [5, 5.41) is 19.8. The van der Waals surface area contributed by atoms with Gasteiger partial charge in [0.2, 0.25) is 10.6 Å². The summed E-state index contributed by atoms with van der Waals surface area (Å²) in [5.74, 6) is -0.604. The van der Waals surface area contributed by atoms with E-state index in [4.69, 9.17) is 12.2 Å². The number of nitrogens with zero attached hydrogens (tertiary/aromatic N) is 4. The molecule has 104 valence electrons. The molecule has 2 aromatic rings. The third kappa shape index (κ3) is 2.91. The quantitative estimate of drug-likeness (QED) is 0.407. The Kier molecular flexibility index (Phi) is 3.94. The Hall–Kier alpha value is -2.49. The van der Waals surface area contributed by atoms with E-state index >= 15 is 0 Å². The maximum atomic E-state index is 12.6. The number of non-ortho nitro benzene ring substituents is 1. The number of nitro benzene ring substituents is 1. The molecule has 1 N–H and O–H groups in total. The van der Waals surface area contributed by atoms with E-state index in [1.54, 1.807) is 0 Å².